The van der Waals surface area contributed by atoms with Gasteiger partial charge in [0.2, 0.25) is 0 Å². The molecule has 2 rings (SSSR count). The molecular formula is C19H24O6. The van der Waals surface area contributed by atoms with Crippen LogP contribution in [0, 0.1) is 5.92 Å². The molecule has 1 aromatic carbocycles. The van der Waals surface area contributed by atoms with Gasteiger partial charge in [-0.15, -0.1) is 0 Å². The number of benzene rings is 1. The molecule has 25 heavy (non-hydrogen) atoms. The summed E-state index contributed by atoms with van der Waals surface area (Å²) in [7, 11) is 0. The van der Waals surface area contributed by atoms with E-state index < -0.39 is 17.3 Å². The van der Waals surface area contributed by atoms with Gasteiger partial charge in [-0.2, -0.15) is 0 Å². The molecule has 2 N–H and O–H groups in total. The maximum absolute atomic E-state index is 11.9. The van der Waals surface area contributed by atoms with Gasteiger partial charge in [-0.3, -0.25) is 4.79 Å². The van der Waals surface area contributed by atoms with Crippen LogP contribution in [-0.4, -0.2) is 34.3 Å². The molecule has 0 aliphatic rings. The molecule has 2 unspecified atom stereocenters. The van der Waals surface area contributed by atoms with Gasteiger partial charge < -0.3 is 19.4 Å². The van der Waals surface area contributed by atoms with E-state index in [1.54, 1.807) is 24.3 Å². The van der Waals surface area contributed by atoms with Gasteiger partial charge in [-0.1, -0.05) is 6.92 Å². The Morgan fingerprint density at radius 1 is 1.28 bits per heavy atom. The molecule has 2 aromatic rings. The molecule has 6 nitrogen and oxygen atoms in total. The third-order valence-corrected chi connectivity index (χ3v) is 4.00. The first kappa shape index (κ1) is 19.1. The first-order chi connectivity index (χ1) is 11.7. The van der Waals surface area contributed by atoms with Crippen LogP contribution in [0.15, 0.2) is 39.5 Å². The van der Waals surface area contributed by atoms with Gasteiger partial charge in [-0.25, -0.2) is 4.79 Å². The standard InChI is InChI=1S/C19H24O6/c1-12(10-15(20)18(22)19(2,3)23)8-9-24-14-6-4-13-5-7-17(21)25-16(13)11-14/h4-7,11-12,18,22-23H,8-10H2,1-3H3. The van der Waals surface area contributed by atoms with Gasteiger partial charge in [0, 0.05) is 23.9 Å². The van der Waals surface area contributed by atoms with Gasteiger partial charge in [-0.05, 0) is 44.4 Å². The van der Waals surface area contributed by atoms with Crippen LogP contribution in [0.1, 0.15) is 33.6 Å². The number of hydrogen-bond acceptors (Lipinski definition) is 6. The van der Waals surface area contributed by atoms with Crippen molar-refractivity contribution >= 4 is 16.8 Å². The fourth-order valence-electron chi connectivity index (χ4n) is 2.46. The summed E-state index contributed by atoms with van der Waals surface area (Å²) in [6.07, 6.45) is -0.610. The van der Waals surface area contributed by atoms with E-state index >= 15 is 0 Å². The van der Waals surface area contributed by atoms with Crippen molar-refractivity contribution in [3.05, 3.63) is 40.8 Å². The molecule has 0 aliphatic carbocycles. The number of carbonyl (C=O) groups excluding carboxylic acids is 1. The third-order valence-electron chi connectivity index (χ3n) is 4.00. The largest absolute Gasteiger partial charge is 0.493 e. The predicted molar refractivity (Wildman–Crippen MR) is 93.7 cm³/mol. The number of aliphatic hydroxyl groups excluding tert-OH is 1. The van der Waals surface area contributed by atoms with Crippen LogP contribution in [0.25, 0.3) is 11.0 Å². The summed E-state index contributed by atoms with van der Waals surface area (Å²) in [4.78, 5) is 23.2. The lowest BCUT2D eigenvalue weighted by Gasteiger charge is -2.24. The molecule has 0 amide bonds. The van der Waals surface area contributed by atoms with Crippen LogP contribution in [0.5, 0.6) is 5.75 Å². The Labute approximate surface area is 146 Å². The molecule has 0 bridgehead atoms. The Bertz CT molecular complexity index is 786. The van der Waals surface area contributed by atoms with Gasteiger partial charge in [0.05, 0.1) is 12.2 Å². The summed E-state index contributed by atoms with van der Waals surface area (Å²) in [5.74, 6) is 0.201. The van der Waals surface area contributed by atoms with Gasteiger partial charge in [0.25, 0.3) is 0 Å². The highest BCUT2D eigenvalue weighted by molar-refractivity contribution is 5.84. The van der Waals surface area contributed by atoms with Crippen LogP contribution in [-0.2, 0) is 4.79 Å². The van der Waals surface area contributed by atoms with E-state index in [-0.39, 0.29) is 18.1 Å². The molecule has 0 fully saturated rings. The van der Waals surface area contributed by atoms with Crippen molar-refractivity contribution in [3.63, 3.8) is 0 Å². The van der Waals surface area contributed by atoms with E-state index in [0.717, 1.165) is 5.39 Å². The number of fused-ring (bicyclic) bond motifs is 1. The normalized spacial score (nSPS) is 14.3. The molecule has 0 spiro atoms. The maximum Gasteiger partial charge on any atom is 0.336 e. The Morgan fingerprint density at radius 3 is 2.64 bits per heavy atom. The SMILES string of the molecule is CC(CCOc1ccc2ccc(=O)oc2c1)CC(=O)C(O)C(C)(C)O. The first-order valence-corrected chi connectivity index (χ1v) is 8.26. The van der Waals surface area contributed by atoms with Crippen LogP contribution >= 0.6 is 0 Å². The number of hydrogen-bond donors (Lipinski definition) is 2. The molecule has 0 saturated heterocycles. The Kier molecular flexibility index (Phi) is 5.98. The van der Waals surface area contributed by atoms with Crippen molar-refractivity contribution in [2.24, 2.45) is 5.92 Å². The van der Waals surface area contributed by atoms with E-state index in [2.05, 4.69) is 0 Å². The highest BCUT2D eigenvalue weighted by Gasteiger charge is 2.31. The lowest BCUT2D eigenvalue weighted by molar-refractivity contribution is -0.140. The van der Waals surface area contributed by atoms with Crippen molar-refractivity contribution in [2.45, 2.75) is 45.3 Å². The second-order valence-corrected chi connectivity index (χ2v) is 6.92. The number of aliphatic hydroxyl groups is 2. The van der Waals surface area contributed by atoms with Crippen molar-refractivity contribution < 1.29 is 24.2 Å². The van der Waals surface area contributed by atoms with Crippen LogP contribution in [0.3, 0.4) is 0 Å². The van der Waals surface area contributed by atoms with E-state index in [9.17, 15) is 19.8 Å². The van der Waals surface area contributed by atoms with Crippen molar-refractivity contribution in [3.8, 4) is 5.75 Å². The molecular weight excluding hydrogens is 324 g/mol. The minimum atomic E-state index is -1.44. The molecule has 0 radical (unpaired) electrons. The topological polar surface area (TPSA) is 97.0 Å². The van der Waals surface area contributed by atoms with Gasteiger partial charge >= 0.3 is 5.63 Å². The zero-order chi connectivity index (χ0) is 18.6. The molecule has 2 atom stereocenters. The van der Waals surface area contributed by atoms with Crippen LogP contribution in [0.2, 0.25) is 0 Å². The molecule has 1 heterocycles. The second-order valence-electron chi connectivity index (χ2n) is 6.92. The van der Waals surface area contributed by atoms with Gasteiger partial charge in [0.15, 0.2) is 5.78 Å². The van der Waals surface area contributed by atoms with Crippen LogP contribution in [0.4, 0.5) is 0 Å². The fraction of sp³-hybridized carbons (Fsp3) is 0.474. The monoisotopic (exact) mass is 348 g/mol. The Hall–Kier alpha value is -2.18. The molecule has 1 aromatic heterocycles. The Balaban J connectivity index is 1.86. The lowest BCUT2D eigenvalue weighted by atomic mass is 9.91. The van der Waals surface area contributed by atoms with E-state index in [1.165, 1.54) is 19.9 Å². The van der Waals surface area contributed by atoms with Crippen molar-refractivity contribution in [1.29, 1.82) is 0 Å². The number of carbonyl (C=O) groups is 1. The summed E-state index contributed by atoms with van der Waals surface area (Å²) in [5, 5.41) is 20.2. The number of ketones is 1. The van der Waals surface area contributed by atoms with Crippen LogP contribution < -0.4 is 10.4 Å². The number of ether oxygens (including phenoxy) is 1. The molecule has 136 valence electrons. The average Bonchev–Trinajstić information content (AvgIpc) is 2.52. The summed E-state index contributed by atoms with van der Waals surface area (Å²) in [5.41, 5.74) is -1.40. The van der Waals surface area contributed by atoms with E-state index in [0.29, 0.717) is 24.4 Å². The summed E-state index contributed by atoms with van der Waals surface area (Å²) in [6, 6.07) is 8.30. The first-order valence-electron chi connectivity index (χ1n) is 8.26. The third kappa shape index (κ3) is 5.41. The highest BCUT2D eigenvalue weighted by atomic mass is 16.5. The van der Waals surface area contributed by atoms with E-state index in [1.807, 2.05) is 6.92 Å². The predicted octanol–water partition coefficient (Wildman–Crippen LogP) is 2.29. The molecule has 6 heteroatoms. The van der Waals surface area contributed by atoms with E-state index in [4.69, 9.17) is 9.15 Å². The number of rotatable bonds is 8. The molecule has 0 aliphatic heterocycles. The molecule has 0 saturated carbocycles. The van der Waals surface area contributed by atoms with Gasteiger partial charge in [0.1, 0.15) is 17.4 Å². The maximum atomic E-state index is 11.9. The second kappa shape index (κ2) is 7.80. The fourth-order valence-corrected chi connectivity index (χ4v) is 2.46. The minimum absolute atomic E-state index is 0.00267. The van der Waals surface area contributed by atoms with Crippen molar-refractivity contribution in [1.82, 2.24) is 0 Å². The minimum Gasteiger partial charge on any atom is -0.493 e. The highest BCUT2D eigenvalue weighted by Crippen LogP contribution is 2.21. The smallest absolute Gasteiger partial charge is 0.336 e. The summed E-state index contributed by atoms with van der Waals surface area (Å²) in [6.45, 7) is 5.08. The van der Waals surface area contributed by atoms with Crippen molar-refractivity contribution in [2.75, 3.05) is 6.61 Å². The number of Topliss-reactive ketones (excluding diaryl/α,β-unsaturated/α-hetero) is 1. The Morgan fingerprint density at radius 2 is 1.96 bits per heavy atom. The summed E-state index contributed by atoms with van der Waals surface area (Å²) >= 11 is 0. The summed E-state index contributed by atoms with van der Waals surface area (Å²) < 4.78 is 10.8. The zero-order valence-electron chi connectivity index (χ0n) is 14.7. The average molecular weight is 348 g/mol. The lowest BCUT2D eigenvalue weighted by Crippen LogP contribution is -2.42. The zero-order valence-corrected chi connectivity index (χ0v) is 14.7. The quantitative estimate of drug-likeness (QED) is 0.711.